The third-order valence-corrected chi connectivity index (χ3v) is 4.50. The van der Waals surface area contributed by atoms with Crippen LogP contribution in [0.15, 0.2) is 41.0 Å². The number of nitrogens with one attached hydrogen (secondary N) is 1. The van der Waals surface area contributed by atoms with Crippen LogP contribution in [0.2, 0.25) is 5.02 Å². The number of hydrogen-bond donors (Lipinski definition) is 1. The van der Waals surface area contributed by atoms with Gasteiger partial charge in [0.2, 0.25) is 0 Å². The minimum Gasteiger partial charge on any atom is -0.459 e. The van der Waals surface area contributed by atoms with Gasteiger partial charge in [-0.1, -0.05) is 11.6 Å². The lowest BCUT2D eigenvalue weighted by Crippen LogP contribution is -2.42. The minimum atomic E-state index is -0.400. The van der Waals surface area contributed by atoms with E-state index in [1.165, 1.54) is 6.26 Å². The molecule has 3 rings (SSSR count). The molecule has 1 aliphatic rings. The maximum Gasteiger partial charge on any atom is 0.291 e. The van der Waals surface area contributed by atoms with Crippen LogP contribution in [0, 0.1) is 0 Å². The average molecular weight is 347 g/mol. The molecule has 5 nitrogen and oxygen atoms in total. The minimum absolute atomic E-state index is 0.112. The number of amides is 2. The number of carbonyl (C=O) groups is 2. The first-order chi connectivity index (χ1) is 11.6. The van der Waals surface area contributed by atoms with Gasteiger partial charge in [0.15, 0.2) is 5.76 Å². The predicted octanol–water partition coefficient (Wildman–Crippen LogP) is 4.20. The van der Waals surface area contributed by atoms with E-state index in [2.05, 4.69) is 5.32 Å². The number of halogens is 1. The first kappa shape index (κ1) is 16.6. The highest BCUT2D eigenvalue weighted by atomic mass is 35.5. The molecule has 1 saturated heterocycles. The summed E-state index contributed by atoms with van der Waals surface area (Å²) in [6, 6.07) is 8.28. The molecule has 1 atom stereocenters. The van der Waals surface area contributed by atoms with Crippen LogP contribution < -0.4 is 5.32 Å². The van der Waals surface area contributed by atoms with E-state index in [4.69, 9.17) is 16.0 Å². The molecule has 6 heteroatoms. The number of anilines is 1. The van der Waals surface area contributed by atoms with E-state index in [-0.39, 0.29) is 17.7 Å². The number of likely N-dealkylation sites (tertiary alicyclic amines) is 1. The predicted molar refractivity (Wildman–Crippen MR) is 92.5 cm³/mol. The summed E-state index contributed by atoms with van der Waals surface area (Å²) in [6.45, 7) is 2.76. The molecule has 0 unspecified atom stereocenters. The highest BCUT2D eigenvalue weighted by Gasteiger charge is 2.26. The molecule has 126 valence electrons. The molecule has 0 saturated carbocycles. The maximum atomic E-state index is 12.9. The second kappa shape index (κ2) is 7.09. The Kier molecular flexibility index (Phi) is 4.90. The molecule has 1 aliphatic heterocycles. The summed E-state index contributed by atoms with van der Waals surface area (Å²) >= 11 is 6.07. The second-order valence-corrected chi connectivity index (χ2v) is 6.40. The zero-order valence-corrected chi connectivity index (χ0v) is 14.2. The van der Waals surface area contributed by atoms with Crippen LogP contribution in [-0.2, 0) is 0 Å². The van der Waals surface area contributed by atoms with Crippen LogP contribution in [-0.4, -0.2) is 29.3 Å². The van der Waals surface area contributed by atoms with Crippen molar-refractivity contribution in [1.82, 2.24) is 4.90 Å². The zero-order valence-electron chi connectivity index (χ0n) is 13.4. The van der Waals surface area contributed by atoms with E-state index in [1.807, 2.05) is 11.8 Å². The molecule has 0 bridgehead atoms. The van der Waals surface area contributed by atoms with E-state index >= 15 is 0 Å². The summed E-state index contributed by atoms with van der Waals surface area (Å²) in [5.41, 5.74) is 0.833. The Balaban J connectivity index is 1.88. The van der Waals surface area contributed by atoms with Crippen molar-refractivity contribution in [2.75, 3.05) is 11.9 Å². The lowest BCUT2D eigenvalue weighted by Gasteiger charge is -2.34. The number of nitrogens with zero attached hydrogens (tertiary/aromatic N) is 1. The normalized spacial score (nSPS) is 17.6. The summed E-state index contributed by atoms with van der Waals surface area (Å²) in [6.07, 6.45) is 4.53. The quantitative estimate of drug-likeness (QED) is 0.905. The van der Waals surface area contributed by atoms with Crippen molar-refractivity contribution in [1.29, 1.82) is 0 Å². The van der Waals surface area contributed by atoms with Gasteiger partial charge < -0.3 is 14.6 Å². The summed E-state index contributed by atoms with van der Waals surface area (Å²) in [5.74, 6) is -0.322. The van der Waals surface area contributed by atoms with E-state index < -0.39 is 5.91 Å². The Morgan fingerprint density at radius 1 is 1.29 bits per heavy atom. The largest absolute Gasteiger partial charge is 0.459 e. The standard InChI is InChI=1S/C18H19ClN2O3/c1-12-5-2-3-9-21(12)18(23)14-11-13(19)7-8-15(14)20-17(22)16-6-4-10-24-16/h4,6-8,10-12H,2-3,5,9H2,1H3,(H,20,22)/t12-/m1/s1. The SMILES string of the molecule is C[C@@H]1CCCCN1C(=O)c1cc(Cl)ccc1NC(=O)c1ccco1. The summed E-state index contributed by atoms with van der Waals surface area (Å²) in [5, 5.41) is 3.19. The molecule has 2 aromatic rings. The first-order valence-corrected chi connectivity index (χ1v) is 8.39. The lowest BCUT2D eigenvalue weighted by molar-refractivity contribution is 0.0636. The monoisotopic (exact) mass is 346 g/mol. The first-order valence-electron chi connectivity index (χ1n) is 8.01. The van der Waals surface area contributed by atoms with Gasteiger partial charge in [-0.05, 0) is 56.5 Å². The van der Waals surface area contributed by atoms with Gasteiger partial charge >= 0.3 is 0 Å². The van der Waals surface area contributed by atoms with Crippen molar-refractivity contribution in [2.45, 2.75) is 32.2 Å². The molecule has 1 aromatic heterocycles. The van der Waals surface area contributed by atoms with Crippen LogP contribution in [0.3, 0.4) is 0 Å². The molecule has 1 aromatic carbocycles. The van der Waals surface area contributed by atoms with Gasteiger partial charge in [-0.2, -0.15) is 0 Å². The number of benzene rings is 1. The van der Waals surface area contributed by atoms with Crippen molar-refractivity contribution < 1.29 is 14.0 Å². The Bertz CT molecular complexity index is 743. The number of carbonyl (C=O) groups excluding carboxylic acids is 2. The molecule has 2 amide bonds. The molecule has 0 radical (unpaired) electrons. The summed E-state index contributed by atoms with van der Waals surface area (Å²) in [4.78, 5) is 27.0. The number of hydrogen-bond acceptors (Lipinski definition) is 3. The molecule has 0 aliphatic carbocycles. The molecular formula is C18H19ClN2O3. The van der Waals surface area contributed by atoms with Crippen molar-refractivity contribution >= 4 is 29.1 Å². The fourth-order valence-corrected chi connectivity index (χ4v) is 3.12. The van der Waals surface area contributed by atoms with Crippen LogP contribution in [0.5, 0.6) is 0 Å². The van der Waals surface area contributed by atoms with Gasteiger partial charge in [0.25, 0.3) is 11.8 Å². The van der Waals surface area contributed by atoms with E-state index in [0.29, 0.717) is 16.3 Å². The smallest absolute Gasteiger partial charge is 0.291 e. The number of piperidine rings is 1. The topological polar surface area (TPSA) is 62.6 Å². The Hall–Kier alpha value is -2.27. The Labute approximate surface area is 145 Å². The molecule has 24 heavy (non-hydrogen) atoms. The van der Waals surface area contributed by atoms with Gasteiger partial charge in [0.05, 0.1) is 17.5 Å². The van der Waals surface area contributed by atoms with Gasteiger partial charge in [-0.25, -0.2) is 0 Å². The van der Waals surface area contributed by atoms with Crippen molar-refractivity contribution in [2.24, 2.45) is 0 Å². The maximum absolute atomic E-state index is 12.9. The van der Waals surface area contributed by atoms with Gasteiger partial charge in [0, 0.05) is 17.6 Å². The zero-order chi connectivity index (χ0) is 17.1. The van der Waals surface area contributed by atoms with Crippen LogP contribution in [0.1, 0.15) is 47.1 Å². The van der Waals surface area contributed by atoms with Gasteiger partial charge in [0.1, 0.15) is 0 Å². The average Bonchev–Trinajstić information content (AvgIpc) is 3.11. The summed E-state index contributed by atoms with van der Waals surface area (Å²) in [7, 11) is 0. The Morgan fingerprint density at radius 3 is 2.83 bits per heavy atom. The molecule has 1 fully saturated rings. The number of furan rings is 1. The second-order valence-electron chi connectivity index (χ2n) is 5.96. The van der Waals surface area contributed by atoms with Crippen LogP contribution >= 0.6 is 11.6 Å². The van der Waals surface area contributed by atoms with E-state index in [1.54, 1.807) is 30.3 Å². The van der Waals surface area contributed by atoms with E-state index in [0.717, 1.165) is 25.8 Å². The molecule has 1 N–H and O–H groups in total. The van der Waals surface area contributed by atoms with Crippen LogP contribution in [0.4, 0.5) is 5.69 Å². The fraction of sp³-hybridized carbons (Fsp3) is 0.333. The lowest BCUT2D eigenvalue weighted by atomic mass is 10.0. The fourth-order valence-electron chi connectivity index (χ4n) is 2.95. The highest BCUT2D eigenvalue weighted by molar-refractivity contribution is 6.31. The molecular weight excluding hydrogens is 328 g/mol. The highest BCUT2D eigenvalue weighted by Crippen LogP contribution is 2.26. The molecule has 0 spiro atoms. The molecule has 2 heterocycles. The van der Waals surface area contributed by atoms with Crippen molar-refractivity contribution in [3.63, 3.8) is 0 Å². The summed E-state index contributed by atoms with van der Waals surface area (Å²) < 4.78 is 5.09. The third-order valence-electron chi connectivity index (χ3n) is 4.27. The van der Waals surface area contributed by atoms with Gasteiger partial charge in [-0.3, -0.25) is 9.59 Å². The van der Waals surface area contributed by atoms with Crippen molar-refractivity contribution in [3.8, 4) is 0 Å². The Morgan fingerprint density at radius 2 is 2.12 bits per heavy atom. The van der Waals surface area contributed by atoms with Gasteiger partial charge in [-0.15, -0.1) is 0 Å². The van der Waals surface area contributed by atoms with E-state index in [9.17, 15) is 9.59 Å². The van der Waals surface area contributed by atoms with Crippen molar-refractivity contribution in [3.05, 3.63) is 52.9 Å². The number of rotatable bonds is 3. The van der Waals surface area contributed by atoms with Crippen LogP contribution in [0.25, 0.3) is 0 Å². The third kappa shape index (κ3) is 3.46.